The number of halogens is 2. The van der Waals surface area contributed by atoms with E-state index in [4.69, 9.17) is 5.84 Å². The molecule has 0 amide bonds. The number of aromatic nitrogens is 1. The number of nitrogen functional groups attached to an aromatic ring is 1. The van der Waals surface area contributed by atoms with Crippen molar-refractivity contribution >= 4 is 32.5 Å². The monoisotopic (exact) mass is 325 g/mol. The topological polar surface area (TPSA) is 50.9 Å². The fourth-order valence-corrected chi connectivity index (χ4v) is 3.01. The van der Waals surface area contributed by atoms with E-state index in [0.29, 0.717) is 9.86 Å². The van der Waals surface area contributed by atoms with Gasteiger partial charge in [-0.3, -0.25) is 10.8 Å². The molecule has 0 aliphatic heterocycles. The number of rotatable bonds is 2. The standard InChI is InChI=1S/C14H17BrFN3/c1-6(2)10-8(4)18-13-7(3)5-9(16)12(15)11(13)14(10)19-17/h5-6H,17H2,1-4H3,(H,18,19). The van der Waals surface area contributed by atoms with Crippen molar-refractivity contribution in [2.75, 3.05) is 5.43 Å². The number of benzene rings is 1. The first-order chi connectivity index (χ1) is 8.88. The number of nitrogens with one attached hydrogen (secondary N) is 1. The van der Waals surface area contributed by atoms with Gasteiger partial charge in [-0.05, 0) is 47.3 Å². The maximum Gasteiger partial charge on any atom is 0.138 e. The van der Waals surface area contributed by atoms with Crippen LogP contribution in [0.15, 0.2) is 10.5 Å². The van der Waals surface area contributed by atoms with Crippen LogP contribution in [0.25, 0.3) is 10.9 Å². The van der Waals surface area contributed by atoms with Gasteiger partial charge in [0.05, 0.1) is 15.7 Å². The zero-order valence-electron chi connectivity index (χ0n) is 11.4. The van der Waals surface area contributed by atoms with Crippen molar-refractivity contribution in [1.82, 2.24) is 4.98 Å². The van der Waals surface area contributed by atoms with Crippen LogP contribution in [0.5, 0.6) is 0 Å². The second-order valence-electron chi connectivity index (χ2n) is 5.00. The third kappa shape index (κ3) is 2.21. The molecule has 102 valence electrons. The minimum absolute atomic E-state index is 0.249. The predicted molar refractivity (Wildman–Crippen MR) is 80.8 cm³/mol. The number of nitrogens with zero attached hydrogens (tertiary/aromatic N) is 1. The molecular formula is C14H17BrFN3. The molecule has 2 aromatic rings. The van der Waals surface area contributed by atoms with Crippen LogP contribution in [0.3, 0.4) is 0 Å². The number of pyridine rings is 1. The van der Waals surface area contributed by atoms with Gasteiger partial charge in [-0.15, -0.1) is 0 Å². The molecule has 0 unspecified atom stereocenters. The number of nitrogens with two attached hydrogens (primary N) is 1. The van der Waals surface area contributed by atoms with E-state index in [-0.39, 0.29) is 11.7 Å². The second kappa shape index (κ2) is 5.06. The highest BCUT2D eigenvalue weighted by Crippen LogP contribution is 2.39. The molecule has 19 heavy (non-hydrogen) atoms. The van der Waals surface area contributed by atoms with Crippen molar-refractivity contribution in [3.63, 3.8) is 0 Å². The van der Waals surface area contributed by atoms with E-state index >= 15 is 0 Å². The first-order valence-electron chi connectivity index (χ1n) is 6.13. The molecule has 0 aliphatic carbocycles. The summed E-state index contributed by atoms with van der Waals surface area (Å²) in [6, 6.07) is 1.48. The Morgan fingerprint density at radius 3 is 2.53 bits per heavy atom. The smallest absolute Gasteiger partial charge is 0.138 e. The molecule has 0 atom stereocenters. The Morgan fingerprint density at radius 1 is 1.37 bits per heavy atom. The van der Waals surface area contributed by atoms with Gasteiger partial charge in [0.2, 0.25) is 0 Å². The summed E-state index contributed by atoms with van der Waals surface area (Å²) in [6.45, 7) is 7.93. The van der Waals surface area contributed by atoms with E-state index in [1.165, 1.54) is 6.07 Å². The lowest BCUT2D eigenvalue weighted by atomic mass is 9.96. The quantitative estimate of drug-likeness (QED) is 0.643. The van der Waals surface area contributed by atoms with Crippen molar-refractivity contribution in [3.8, 4) is 0 Å². The highest BCUT2D eigenvalue weighted by atomic mass is 79.9. The summed E-state index contributed by atoms with van der Waals surface area (Å²) in [6.07, 6.45) is 0. The lowest BCUT2D eigenvalue weighted by Gasteiger charge is -2.19. The number of hydrazine groups is 1. The maximum atomic E-state index is 13.9. The Kier molecular flexibility index (Phi) is 3.78. The van der Waals surface area contributed by atoms with E-state index in [2.05, 4.69) is 40.2 Å². The molecule has 1 heterocycles. The van der Waals surface area contributed by atoms with Crippen molar-refractivity contribution in [1.29, 1.82) is 0 Å². The highest BCUT2D eigenvalue weighted by Gasteiger charge is 2.19. The first-order valence-corrected chi connectivity index (χ1v) is 6.93. The molecule has 0 aliphatic rings. The number of aryl methyl sites for hydroxylation is 2. The summed E-state index contributed by atoms with van der Waals surface area (Å²) in [4.78, 5) is 4.61. The van der Waals surface area contributed by atoms with Gasteiger partial charge in [-0.1, -0.05) is 13.8 Å². The molecule has 0 saturated carbocycles. The zero-order valence-corrected chi connectivity index (χ0v) is 13.0. The number of hydrogen-bond acceptors (Lipinski definition) is 3. The fourth-order valence-electron chi connectivity index (χ4n) is 2.51. The van der Waals surface area contributed by atoms with E-state index in [1.807, 2.05) is 13.8 Å². The summed E-state index contributed by atoms with van der Waals surface area (Å²) >= 11 is 3.30. The molecule has 1 aromatic carbocycles. The molecule has 3 N–H and O–H groups in total. The Hall–Kier alpha value is -1.20. The van der Waals surface area contributed by atoms with Crippen molar-refractivity contribution in [2.24, 2.45) is 5.84 Å². The molecule has 0 spiro atoms. The van der Waals surface area contributed by atoms with Gasteiger partial charge < -0.3 is 5.43 Å². The van der Waals surface area contributed by atoms with Gasteiger partial charge in [0, 0.05) is 16.6 Å². The molecular weight excluding hydrogens is 309 g/mol. The van der Waals surface area contributed by atoms with Gasteiger partial charge in [-0.2, -0.15) is 0 Å². The minimum atomic E-state index is -0.304. The lowest BCUT2D eigenvalue weighted by molar-refractivity contribution is 0.622. The van der Waals surface area contributed by atoms with Gasteiger partial charge in [0.25, 0.3) is 0 Å². The Morgan fingerprint density at radius 2 is 2.00 bits per heavy atom. The van der Waals surface area contributed by atoms with Crippen LogP contribution in [0, 0.1) is 19.7 Å². The Labute approximate surface area is 120 Å². The predicted octanol–water partition coefficient (Wildman–Crippen LogP) is 4.16. The van der Waals surface area contributed by atoms with Gasteiger partial charge in [0.15, 0.2) is 0 Å². The molecule has 0 radical (unpaired) electrons. The van der Waals surface area contributed by atoms with Crippen molar-refractivity contribution in [3.05, 3.63) is 33.2 Å². The number of hydrogen-bond donors (Lipinski definition) is 2. The average Bonchev–Trinajstić information content (AvgIpc) is 2.34. The highest BCUT2D eigenvalue weighted by molar-refractivity contribution is 9.10. The molecule has 1 aromatic heterocycles. The fraction of sp³-hybridized carbons (Fsp3) is 0.357. The van der Waals surface area contributed by atoms with Crippen LogP contribution in [0.2, 0.25) is 0 Å². The van der Waals surface area contributed by atoms with E-state index in [0.717, 1.165) is 28.0 Å². The largest absolute Gasteiger partial charge is 0.323 e. The molecule has 5 heteroatoms. The Bertz CT molecular complexity index is 653. The summed E-state index contributed by atoms with van der Waals surface area (Å²) < 4.78 is 14.3. The normalized spacial score (nSPS) is 11.4. The van der Waals surface area contributed by atoms with Gasteiger partial charge in [-0.25, -0.2) is 4.39 Å². The number of anilines is 1. The van der Waals surface area contributed by atoms with Gasteiger partial charge >= 0.3 is 0 Å². The molecule has 3 nitrogen and oxygen atoms in total. The van der Waals surface area contributed by atoms with Crippen LogP contribution < -0.4 is 11.3 Å². The minimum Gasteiger partial charge on any atom is -0.323 e. The average molecular weight is 326 g/mol. The summed E-state index contributed by atoms with van der Waals surface area (Å²) in [5.74, 6) is 5.62. The SMILES string of the molecule is Cc1nc2c(C)cc(F)c(Br)c2c(NN)c1C(C)C. The third-order valence-electron chi connectivity index (χ3n) is 3.29. The van der Waals surface area contributed by atoms with Crippen molar-refractivity contribution < 1.29 is 4.39 Å². The lowest BCUT2D eigenvalue weighted by Crippen LogP contribution is -2.13. The summed E-state index contributed by atoms with van der Waals surface area (Å²) in [5.41, 5.74) is 6.95. The van der Waals surface area contributed by atoms with Crippen LogP contribution in [0.4, 0.5) is 10.1 Å². The van der Waals surface area contributed by atoms with Crippen LogP contribution in [-0.2, 0) is 0 Å². The first kappa shape index (κ1) is 14.2. The van der Waals surface area contributed by atoms with Gasteiger partial charge in [0.1, 0.15) is 5.82 Å². The van der Waals surface area contributed by atoms with Crippen LogP contribution in [0.1, 0.15) is 36.6 Å². The molecule has 2 rings (SSSR count). The molecule has 0 fully saturated rings. The van der Waals surface area contributed by atoms with Crippen LogP contribution >= 0.6 is 15.9 Å². The van der Waals surface area contributed by atoms with Crippen LogP contribution in [-0.4, -0.2) is 4.98 Å². The van der Waals surface area contributed by atoms with E-state index in [1.54, 1.807) is 0 Å². The maximum absolute atomic E-state index is 13.9. The summed E-state index contributed by atoms with van der Waals surface area (Å²) in [7, 11) is 0. The number of fused-ring (bicyclic) bond motifs is 1. The van der Waals surface area contributed by atoms with E-state index in [9.17, 15) is 4.39 Å². The van der Waals surface area contributed by atoms with E-state index < -0.39 is 0 Å². The summed E-state index contributed by atoms with van der Waals surface area (Å²) in [5, 5.41) is 0.703. The Balaban J connectivity index is 3.04. The molecule has 0 saturated heterocycles. The van der Waals surface area contributed by atoms with Crippen molar-refractivity contribution in [2.45, 2.75) is 33.6 Å². The third-order valence-corrected chi connectivity index (χ3v) is 4.07. The molecule has 0 bridgehead atoms. The zero-order chi connectivity index (χ0) is 14.3. The second-order valence-corrected chi connectivity index (χ2v) is 5.79.